The largest absolute Gasteiger partial charge is 0.462 e. The monoisotopic (exact) mass is 476 g/mol. The zero-order valence-electron chi connectivity index (χ0n) is 18.9. The summed E-state index contributed by atoms with van der Waals surface area (Å²) in [7, 11) is 1.97. The van der Waals surface area contributed by atoms with E-state index in [4.69, 9.17) is 4.74 Å². The minimum atomic E-state index is -0.342. The molecular weight excluding hydrogens is 444 g/mol. The molecule has 0 aromatic carbocycles. The van der Waals surface area contributed by atoms with E-state index < -0.39 is 0 Å². The van der Waals surface area contributed by atoms with Gasteiger partial charge in [-0.25, -0.2) is 4.79 Å². The zero-order valence-corrected chi connectivity index (χ0v) is 20.6. The first-order valence-corrected chi connectivity index (χ1v) is 13.5. The molecule has 0 unspecified atom stereocenters. The molecule has 1 amide bonds. The van der Waals surface area contributed by atoms with Crippen LogP contribution in [0.15, 0.2) is 5.16 Å². The van der Waals surface area contributed by atoms with Crippen molar-refractivity contribution >= 4 is 40.0 Å². The van der Waals surface area contributed by atoms with Gasteiger partial charge in [-0.15, -0.1) is 21.5 Å². The Hall–Kier alpha value is -1.87. The van der Waals surface area contributed by atoms with E-state index in [2.05, 4.69) is 15.5 Å². The van der Waals surface area contributed by atoms with Crippen LogP contribution in [0.1, 0.15) is 78.5 Å². The highest BCUT2D eigenvalue weighted by atomic mass is 32.2. The molecule has 2 aromatic heterocycles. The third-order valence-electron chi connectivity index (χ3n) is 6.41. The summed E-state index contributed by atoms with van der Waals surface area (Å²) in [6.07, 6.45) is 11.7. The van der Waals surface area contributed by atoms with Crippen molar-refractivity contribution in [1.29, 1.82) is 0 Å². The van der Waals surface area contributed by atoms with Gasteiger partial charge in [-0.1, -0.05) is 43.9 Å². The van der Waals surface area contributed by atoms with Crippen LogP contribution in [0.3, 0.4) is 0 Å². The highest BCUT2D eigenvalue weighted by molar-refractivity contribution is 7.99. The Balaban J connectivity index is 1.33. The van der Waals surface area contributed by atoms with Crippen LogP contribution in [0.25, 0.3) is 0 Å². The second-order valence-corrected chi connectivity index (χ2v) is 10.7. The Bertz CT molecular complexity index is 963. The second-order valence-electron chi connectivity index (χ2n) is 8.62. The van der Waals surface area contributed by atoms with Crippen molar-refractivity contribution in [3.8, 4) is 0 Å². The number of fused-ring (bicyclic) bond motifs is 1. The number of carbonyl (C=O) groups is 2. The van der Waals surface area contributed by atoms with Gasteiger partial charge in [0.05, 0.1) is 17.9 Å². The van der Waals surface area contributed by atoms with Gasteiger partial charge in [0.1, 0.15) is 10.8 Å². The number of esters is 1. The molecule has 2 aliphatic carbocycles. The summed E-state index contributed by atoms with van der Waals surface area (Å²) in [6, 6.07) is 0. The van der Waals surface area contributed by atoms with Gasteiger partial charge in [0.25, 0.3) is 0 Å². The van der Waals surface area contributed by atoms with Crippen LogP contribution in [0, 0.1) is 5.92 Å². The Morgan fingerprint density at radius 2 is 2.00 bits per heavy atom. The van der Waals surface area contributed by atoms with Gasteiger partial charge in [0.2, 0.25) is 5.91 Å². The molecule has 4 rings (SSSR count). The number of anilines is 1. The predicted molar refractivity (Wildman–Crippen MR) is 128 cm³/mol. The van der Waals surface area contributed by atoms with E-state index in [9.17, 15) is 9.59 Å². The lowest BCUT2D eigenvalue weighted by molar-refractivity contribution is -0.113. The van der Waals surface area contributed by atoms with Gasteiger partial charge in [-0.2, -0.15) is 0 Å². The number of amides is 1. The predicted octanol–water partition coefficient (Wildman–Crippen LogP) is 4.79. The average Bonchev–Trinajstić information content (AvgIpc) is 3.46. The maximum absolute atomic E-state index is 12.7. The van der Waals surface area contributed by atoms with E-state index in [0.29, 0.717) is 17.2 Å². The van der Waals surface area contributed by atoms with E-state index in [1.807, 2.05) is 11.6 Å². The number of nitrogens with zero attached hydrogens (tertiary/aromatic N) is 3. The first-order valence-electron chi connectivity index (χ1n) is 11.7. The molecule has 0 saturated heterocycles. The lowest BCUT2D eigenvalue weighted by Crippen LogP contribution is -2.17. The molecule has 2 heterocycles. The van der Waals surface area contributed by atoms with Crippen LogP contribution in [0.5, 0.6) is 0 Å². The minimum Gasteiger partial charge on any atom is -0.462 e. The molecule has 1 N–H and O–H groups in total. The van der Waals surface area contributed by atoms with Crippen molar-refractivity contribution in [1.82, 2.24) is 14.8 Å². The van der Waals surface area contributed by atoms with Crippen molar-refractivity contribution in [2.75, 3.05) is 17.7 Å². The van der Waals surface area contributed by atoms with E-state index in [-0.39, 0.29) is 17.6 Å². The summed E-state index contributed by atoms with van der Waals surface area (Å²) in [4.78, 5) is 26.3. The molecule has 2 aliphatic rings. The third-order valence-corrected chi connectivity index (χ3v) is 8.64. The molecule has 1 fully saturated rings. The van der Waals surface area contributed by atoms with Crippen molar-refractivity contribution in [2.24, 2.45) is 13.0 Å². The van der Waals surface area contributed by atoms with Crippen molar-refractivity contribution < 1.29 is 14.3 Å². The fourth-order valence-corrected chi connectivity index (χ4v) is 6.73. The highest BCUT2D eigenvalue weighted by Gasteiger charge is 2.28. The fourth-order valence-electron chi connectivity index (χ4n) is 4.70. The number of nitrogens with one attached hydrogen (secondary N) is 1. The van der Waals surface area contributed by atoms with Crippen molar-refractivity contribution in [3.05, 3.63) is 21.8 Å². The van der Waals surface area contributed by atoms with Gasteiger partial charge in [0.15, 0.2) is 5.16 Å². The van der Waals surface area contributed by atoms with Gasteiger partial charge >= 0.3 is 5.97 Å². The van der Waals surface area contributed by atoms with Gasteiger partial charge in [-0.3, -0.25) is 4.79 Å². The molecule has 174 valence electrons. The second kappa shape index (κ2) is 10.8. The Morgan fingerprint density at radius 1 is 1.19 bits per heavy atom. The van der Waals surface area contributed by atoms with Gasteiger partial charge < -0.3 is 14.6 Å². The summed E-state index contributed by atoms with van der Waals surface area (Å²) < 4.78 is 7.24. The molecule has 2 aromatic rings. The number of thioether (sulfide) groups is 1. The lowest BCUT2D eigenvalue weighted by Gasteiger charge is -2.20. The summed E-state index contributed by atoms with van der Waals surface area (Å²) in [6.45, 7) is 2.12. The maximum Gasteiger partial charge on any atom is 0.341 e. The molecule has 7 nitrogen and oxygen atoms in total. The Kier molecular flexibility index (Phi) is 7.88. The molecule has 0 atom stereocenters. The highest BCUT2D eigenvalue weighted by Crippen LogP contribution is 2.39. The van der Waals surface area contributed by atoms with E-state index in [1.165, 1.54) is 60.1 Å². The van der Waals surface area contributed by atoms with Crippen molar-refractivity contribution in [2.45, 2.75) is 76.3 Å². The lowest BCUT2D eigenvalue weighted by atomic mass is 9.86. The van der Waals surface area contributed by atoms with Crippen LogP contribution in [0.2, 0.25) is 0 Å². The van der Waals surface area contributed by atoms with E-state index in [1.54, 1.807) is 6.92 Å². The molecule has 0 radical (unpaired) electrons. The summed E-state index contributed by atoms with van der Waals surface area (Å²) >= 11 is 2.88. The topological polar surface area (TPSA) is 86.1 Å². The number of carbonyl (C=O) groups excluding carboxylic acids is 2. The SMILES string of the molecule is CCOC(=O)c1c(NC(=O)CSc2nnc(CCC3CCCCC3)n2C)sc2c1CCC2. The van der Waals surface area contributed by atoms with E-state index in [0.717, 1.165) is 54.6 Å². The number of hydrogen-bond acceptors (Lipinski definition) is 7. The molecule has 0 spiro atoms. The number of ether oxygens (including phenoxy) is 1. The standard InChI is InChI=1S/C23H32N4O3S2/c1-3-30-22(29)20-16-10-7-11-17(16)32-21(20)24-19(28)14-31-23-26-25-18(27(23)2)13-12-15-8-5-4-6-9-15/h15H,3-14H2,1-2H3,(H,24,28). The molecule has 32 heavy (non-hydrogen) atoms. The third kappa shape index (κ3) is 5.36. The summed E-state index contributed by atoms with van der Waals surface area (Å²) in [5, 5.41) is 13.0. The number of rotatable bonds is 9. The van der Waals surface area contributed by atoms with Crippen LogP contribution < -0.4 is 5.32 Å². The van der Waals surface area contributed by atoms with Crippen LogP contribution in [0.4, 0.5) is 5.00 Å². The molecule has 0 bridgehead atoms. The Labute approximate surface area is 197 Å². The number of aryl methyl sites for hydroxylation is 2. The first-order chi connectivity index (χ1) is 15.6. The quantitative estimate of drug-likeness (QED) is 0.414. The first kappa shape index (κ1) is 23.3. The summed E-state index contributed by atoms with van der Waals surface area (Å²) in [5.74, 6) is 1.53. The Morgan fingerprint density at radius 3 is 2.78 bits per heavy atom. The fraction of sp³-hybridized carbons (Fsp3) is 0.652. The van der Waals surface area contributed by atoms with Crippen molar-refractivity contribution in [3.63, 3.8) is 0 Å². The number of aromatic nitrogens is 3. The molecular formula is C23H32N4O3S2. The summed E-state index contributed by atoms with van der Waals surface area (Å²) in [5.41, 5.74) is 1.60. The normalized spacial score (nSPS) is 16.2. The van der Waals surface area contributed by atoms with E-state index >= 15 is 0 Å². The van der Waals surface area contributed by atoms with Gasteiger partial charge in [-0.05, 0) is 44.1 Å². The zero-order chi connectivity index (χ0) is 22.5. The van der Waals surface area contributed by atoms with Crippen LogP contribution in [-0.2, 0) is 35.8 Å². The minimum absolute atomic E-state index is 0.146. The van der Waals surface area contributed by atoms with Crippen LogP contribution in [-0.4, -0.2) is 39.0 Å². The molecule has 9 heteroatoms. The van der Waals surface area contributed by atoms with Crippen LogP contribution >= 0.6 is 23.1 Å². The molecule has 0 aliphatic heterocycles. The smallest absolute Gasteiger partial charge is 0.341 e. The molecule has 1 saturated carbocycles. The maximum atomic E-state index is 12.7. The van der Waals surface area contributed by atoms with Gasteiger partial charge in [0, 0.05) is 18.3 Å². The average molecular weight is 477 g/mol. The number of thiophene rings is 1. The number of hydrogen-bond donors (Lipinski definition) is 1.